The Hall–Kier alpha value is -0.460. The highest BCUT2D eigenvalue weighted by Crippen LogP contribution is 2.12. The van der Waals surface area contributed by atoms with Gasteiger partial charge in [0.05, 0.1) is 6.04 Å². The fourth-order valence-electron chi connectivity index (χ4n) is 2.38. The highest BCUT2D eigenvalue weighted by atomic mass is 32.2. The molecule has 0 saturated carbocycles. The molecular weight excluding hydrogens is 248 g/mol. The van der Waals surface area contributed by atoms with Crippen LogP contribution in [-0.4, -0.2) is 71.6 Å². The minimum absolute atomic E-state index is 0.0997. The number of piperazine rings is 1. The maximum atomic E-state index is 8.85. The zero-order valence-electron chi connectivity index (χ0n) is 11.5. The molecule has 1 aliphatic rings. The van der Waals surface area contributed by atoms with Crippen LogP contribution in [0.4, 0.5) is 0 Å². The van der Waals surface area contributed by atoms with Gasteiger partial charge >= 0.3 is 0 Å². The molecule has 0 radical (unpaired) electrons. The first-order chi connectivity index (χ1) is 8.72. The van der Waals surface area contributed by atoms with E-state index in [9.17, 15) is 0 Å². The van der Waals surface area contributed by atoms with E-state index in [-0.39, 0.29) is 6.04 Å². The fourth-order valence-corrected chi connectivity index (χ4v) is 2.82. The molecule has 0 amide bonds. The third kappa shape index (κ3) is 4.66. The first kappa shape index (κ1) is 15.6. The second-order valence-electron chi connectivity index (χ2n) is 4.70. The lowest BCUT2D eigenvalue weighted by Gasteiger charge is -2.38. The Labute approximate surface area is 114 Å². The summed E-state index contributed by atoms with van der Waals surface area (Å²) in [4.78, 5) is 4.83. The molecule has 18 heavy (non-hydrogen) atoms. The largest absolute Gasteiger partial charge is 0.409 e. The molecular formula is C12H26N4OS. The summed E-state index contributed by atoms with van der Waals surface area (Å²) in [6.45, 7) is 7.48. The Bertz CT molecular complexity index is 254. The molecule has 6 heteroatoms. The molecule has 1 fully saturated rings. The molecule has 0 aromatic heterocycles. The van der Waals surface area contributed by atoms with Gasteiger partial charge in [-0.1, -0.05) is 18.5 Å². The lowest BCUT2D eigenvalue weighted by molar-refractivity contribution is 0.117. The maximum Gasteiger partial charge on any atom is 0.156 e. The molecule has 0 aromatic rings. The van der Waals surface area contributed by atoms with Gasteiger partial charge < -0.3 is 10.9 Å². The van der Waals surface area contributed by atoms with Gasteiger partial charge in [-0.2, -0.15) is 11.8 Å². The normalized spacial score (nSPS) is 21.1. The second kappa shape index (κ2) is 8.61. The molecule has 106 valence electrons. The van der Waals surface area contributed by atoms with Crippen LogP contribution in [0.2, 0.25) is 0 Å². The van der Waals surface area contributed by atoms with Crippen LogP contribution in [0.3, 0.4) is 0 Å². The Balaban J connectivity index is 2.43. The van der Waals surface area contributed by atoms with Gasteiger partial charge in [0.25, 0.3) is 0 Å². The van der Waals surface area contributed by atoms with Crippen molar-refractivity contribution in [3.63, 3.8) is 0 Å². The SMILES string of the molecule is CCCC(C(N)=NO)N1CCN(CCSC)CC1. The van der Waals surface area contributed by atoms with Crippen LogP contribution in [0.15, 0.2) is 5.16 Å². The topological polar surface area (TPSA) is 65.1 Å². The smallest absolute Gasteiger partial charge is 0.156 e. The minimum Gasteiger partial charge on any atom is -0.409 e. The standard InChI is InChI=1S/C12H26N4OS/c1-3-4-11(12(13)14-17)16-7-5-15(6-8-16)9-10-18-2/h11,17H,3-10H2,1-2H3,(H2,13,14). The molecule has 1 rings (SSSR count). The minimum atomic E-state index is 0.0997. The van der Waals surface area contributed by atoms with E-state index in [1.807, 2.05) is 11.8 Å². The number of hydrogen-bond donors (Lipinski definition) is 2. The fraction of sp³-hybridized carbons (Fsp3) is 0.917. The van der Waals surface area contributed by atoms with E-state index in [1.165, 1.54) is 5.75 Å². The van der Waals surface area contributed by atoms with Gasteiger partial charge in [0, 0.05) is 38.5 Å². The van der Waals surface area contributed by atoms with E-state index in [4.69, 9.17) is 10.9 Å². The molecule has 5 nitrogen and oxygen atoms in total. The van der Waals surface area contributed by atoms with Gasteiger partial charge in [-0.05, 0) is 12.7 Å². The average Bonchev–Trinajstić information content (AvgIpc) is 2.42. The van der Waals surface area contributed by atoms with Gasteiger partial charge in [-0.15, -0.1) is 0 Å². The summed E-state index contributed by atoms with van der Waals surface area (Å²) >= 11 is 1.89. The summed E-state index contributed by atoms with van der Waals surface area (Å²) in [5.41, 5.74) is 5.79. The van der Waals surface area contributed by atoms with Crippen molar-refractivity contribution < 1.29 is 5.21 Å². The van der Waals surface area contributed by atoms with Crippen molar-refractivity contribution in [2.75, 3.05) is 44.7 Å². The zero-order valence-corrected chi connectivity index (χ0v) is 12.3. The van der Waals surface area contributed by atoms with Crippen molar-refractivity contribution in [3.05, 3.63) is 0 Å². The number of thioether (sulfide) groups is 1. The van der Waals surface area contributed by atoms with Gasteiger partial charge in [-0.3, -0.25) is 9.80 Å². The van der Waals surface area contributed by atoms with Crippen molar-refractivity contribution in [2.24, 2.45) is 10.9 Å². The lowest BCUT2D eigenvalue weighted by atomic mass is 10.1. The van der Waals surface area contributed by atoms with E-state index in [2.05, 4.69) is 28.1 Å². The first-order valence-corrected chi connectivity index (χ1v) is 8.05. The van der Waals surface area contributed by atoms with E-state index in [1.54, 1.807) is 0 Å². The quantitative estimate of drug-likeness (QED) is 0.312. The molecule has 0 spiro atoms. The van der Waals surface area contributed by atoms with Crippen LogP contribution in [0, 0.1) is 0 Å². The number of nitrogens with two attached hydrogens (primary N) is 1. The summed E-state index contributed by atoms with van der Waals surface area (Å²) in [6.07, 6.45) is 4.15. The van der Waals surface area contributed by atoms with Crippen molar-refractivity contribution in [1.29, 1.82) is 0 Å². The molecule has 1 atom stereocenters. The molecule has 1 aliphatic heterocycles. The van der Waals surface area contributed by atoms with Crippen molar-refractivity contribution in [2.45, 2.75) is 25.8 Å². The van der Waals surface area contributed by atoms with E-state index in [0.29, 0.717) is 5.84 Å². The molecule has 3 N–H and O–H groups in total. The van der Waals surface area contributed by atoms with Crippen LogP contribution in [0.25, 0.3) is 0 Å². The Morgan fingerprint density at radius 1 is 1.39 bits per heavy atom. The van der Waals surface area contributed by atoms with Gasteiger partial charge in [0.15, 0.2) is 5.84 Å². The Morgan fingerprint density at radius 2 is 2.06 bits per heavy atom. The van der Waals surface area contributed by atoms with Crippen molar-refractivity contribution in [1.82, 2.24) is 9.80 Å². The lowest BCUT2D eigenvalue weighted by Crippen LogP contribution is -2.54. The highest BCUT2D eigenvalue weighted by Gasteiger charge is 2.25. The van der Waals surface area contributed by atoms with E-state index < -0.39 is 0 Å². The van der Waals surface area contributed by atoms with Gasteiger partial charge in [-0.25, -0.2) is 0 Å². The summed E-state index contributed by atoms with van der Waals surface area (Å²) in [5, 5.41) is 12.0. The molecule has 1 heterocycles. The van der Waals surface area contributed by atoms with Crippen molar-refractivity contribution in [3.8, 4) is 0 Å². The highest BCUT2D eigenvalue weighted by molar-refractivity contribution is 7.98. The first-order valence-electron chi connectivity index (χ1n) is 6.65. The Kier molecular flexibility index (Phi) is 7.46. The van der Waals surface area contributed by atoms with E-state index >= 15 is 0 Å². The molecule has 1 saturated heterocycles. The third-order valence-corrected chi connectivity index (χ3v) is 4.07. The molecule has 0 aliphatic carbocycles. The van der Waals surface area contributed by atoms with E-state index in [0.717, 1.165) is 45.6 Å². The second-order valence-corrected chi connectivity index (χ2v) is 5.69. The summed E-state index contributed by atoms with van der Waals surface area (Å²) in [7, 11) is 0. The van der Waals surface area contributed by atoms with Gasteiger partial charge in [0.1, 0.15) is 0 Å². The van der Waals surface area contributed by atoms with Crippen LogP contribution >= 0.6 is 11.8 Å². The monoisotopic (exact) mass is 274 g/mol. The maximum absolute atomic E-state index is 8.85. The van der Waals surface area contributed by atoms with Crippen LogP contribution < -0.4 is 5.73 Å². The number of rotatable bonds is 7. The molecule has 0 bridgehead atoms. The molecule has 1 unspecified atom stereocenters. The number of hydrogen-bond acceptors (Lipinski definition) is 5. The van der Waals surface area contributed by atoms with Crippen LogP contribution in [0.1, 0.15) is 19.8 Å². The number of nitrogens with zero attached hydrogens (tertiary/aromatic N) is 3. The number of oxime groups is 1. The van der Waals surface area contributed by atoms with Crippen LogP contribution in [0.5, 0.6) is 0 Å². The zero-order chi connectivity index (χ0) is 13.4. The Morgan fingerprint density at radius 3 is 2.56 bits per heavy atom. The predicted molar refractivity (Wildman–Crippen MR) is 78.5 cm³/mol. The van der Waals surface area contributed by atoms with Crippen molar-refractivity contribution >= 4 is 17.6 Å². The summed E-state index contributed by atoms with van der Waals surface area (Å²) in [5.74, 6) is 1.55. The summed E-state index contributed by atoms with van der Waals surface area (Å²) in [6, 6.07) is 0.0997. The molecule has 0 aromatic carbocycles. The predicted octanol–water partition coefficient (Wildman–Crippen LogP) is 0.882. The summed E-state index contributed by atoms with van der Waals surface area (Å²) < 4.78 is 0. The number of amidine groups is 1. The third-order valence-electron chi connectivity index (χ3n) is 3.48. The van der Waals surface area contributed by atoms with Crippen LogP contribution in [-0.2, 0) is 0 Å². The average molecular weight is 274 g/mol. The van der Waals surface area contributed by atoms with Gasteiger partial charge in [0.2, 0.25) is 0 Å².